The summed E-state index contributed by atoms with van der Waals surface area (Å²) < 4.78 is 10.5. The lowest BCUT2D eigenvalue weighted by molar-refractivity contribution is -0.155. The van der Waals surface area contributed by atoms with Crippen molar-refractivity contribution in [1.29, 1.82) is 0 Å². The first kappa shape index (κ1) is 48.2. The summed E-state index contributed by atoms with van der Waals surface area (Å²) in [4.78, 5) is 81.9. The number of thioether (sulfide) groups is 1. The third-order valence-electron chi connectivity index (χ3n) is 12.2. The lowest BCUT2D eigenvalue weighted by Crippen LogP contribution is -2.66. The van der Waals surface area contributed by atoms with Crippen molar-refractivity contribution in [3.8, 4) is 11.1 Å². The zero-order valence-corrected chi connectivity index (χ0v) is 39.2. The zero-order chi connectivity index (χ0) is 47.6. The number of hydrogen-bond donors (Lipinski definition) is 4. The molecule has 0 aliphatic heterocycles. The summed E-state index contributed by atoms with van der Waals surface area (Å²) in [6, 6.07) is 42.9. The number of hydrogen-bond acceptors (Lipinski definition) is 9. The topological polar surface area (TPSA) is 169 Å². The van der Waals surface area contributed by atoms with Crippen LogP contribution in [0.15, 0.2) is 140 Å². The molecule has 13 heteroatoms. The summed E-state index contributed by atoms with van der Waals surface area (Å²) in [5, 5.41) is 11.2. The fourth-order valence-corrected chi connectivity index (χ4v) is 10.3. The summed E-state index contributed by atoms with van der Waals surface area (Å²) in [5.41, 5.74) is 4.81. The van der Waals surface area contributed by atoms with E-state index in [-0.39, 0.29) is 43.4 Å². The molecule has 1 saturated carbocycles. The fraction of sp³-hybridized carbons (Fsp3) is 0.333. The number of amides is 4. The molecule has 2 atom stereocenters. The zero-order valence-electron chi connectivity index (χ0n) is 38.3. The molecule has 0 unspecified atom stereocenters. The van der Waals surface area contributed by atoms with Crippen LogP contribution in [0.25, 0.3) is 11.1 Å². The molecular formula is C54H58N4O8S. The van der Waals surface area contributed by atoms with E-state index in [2.05, 4.69) is 21.3 Å². The standard InChI is InChI=1S/C54H58N4O8S/c1-36(59)33-55-50(63)53(31-18-32-53)58-49(62)46(35-67-54(37-19-8-5-9-20-37,38-21-10-6-11-22-38)39-23-12-7-13-24-39)56-48(61)45(29-30-47(60)66-52(2,3)4)57-51(64)65-34-44-42-27-16-14-25-40(42)41-26-15-17-28-43(41)44/h5-17,19-28,44-46H,18,29-35H2,1-4H3,(H,55,63)(H,56,61)(H,57,64)(H,58,62)/t45-,46-/m1/s1. The number of fused-ring (bicyclic) bond motifs is 3. The van der Waals surface area contributed by atoms with Crippen LogP contribution in [0, 0.1) is 0 Å². The summed E-state index contributed by atoms with van der Waals surface area (Å²) in [6.07, 6.45) is 0.0402. The van der Waals surface area contributed by atoms with Gasteiger partial charge in [-0.2, -0.15) is 0 Å². The molecule has 67 heavy (non-hydrogen) atoms. The van der Waals surface area contributed by atoms with E-state index in [1.165, 1.54) is 18.7 Å². The largest absolute Gasteiger partial charge is 0.460 e. The van der Waals surface area contributed by atoms with Crippen molar-refractivity contribution in [3.05, 3.63) is 167 Å². The molecule has 348 valence electrons. The summed E-state index contributed by atoms with van der Waals surface area (Å²) >= 11 is 1.44. The highest BCUT2D eigenvalue weighted by molar-refractivity contribution is 8.00. The molecule has 5 aromatic carbocycles. The molecule has 0 saturated heterocycles. The molecule has 12 nitrogen and oxygen atoms in total. The number of carbonyl (C=O) groups excluding carboxylic acids is 6. The number of Topliss-reactive ketones (excluding diaryl/α,β-unsaturated/α-hetero) is 1. The lowest BCUT2D eigenvalue weighted by Gasteiger charge is -2.42. The maximum Gasteiger partial charge on any atom is 0.407 e. The first-order chi connectivity index (χ1) is 32.2. The highest BCUT2D eigenvalue weighted by Gasteiger charge is 2.47. The van der Waals surface area contributed by atoms with Crippen LogP contribution in [-0.4, -0.2) is 77.7 Å². The number of ether oxygens (including phenoxy) is 2. The Morgan fingerprint density at radius 3 is 1.66 bits per heavy atom. The Morgan fingerprint density at radius 1 is 0.672 bits per heavy atom. The average Bonchev–Trinajstić information content (AvgIpc) is 3.63. The van der Waals surface area contributed by atoms with Crippen molar-refractivity contribution in [3.63, 3.8) is 0 Å². The molecule has 0 aromatic heterocycles. The molecule has 7 rings (SSSR count). The van der Waals surface area contributed by atoms with Crippen molar-refractivity contribution in [2.45, 2.75) is 93.7 Å². The number of alkyl carbamates (subject to hydrolysis) is 1. The lowest BCUT2D eigenvalue weighted by atomic mass is 9.75. The number of benzene rings is 5. The van der Waals surface area contributed by atoms with Gasteiger partial charge in [0.2, 0.25) is 17.7 Å². The Morgan fingerprint density at radius 2 is 1.18 bits per heavy atom. The number of carbonyl (C=O) groups is 6. The Kier molecular flexibility index (Phi) is 15.3. The summed E-state index contributed by atoms with van der Waals surface area (Å²) in [7, 11) is 0. The maximum atomic E-state index is 14.8. The van der Waals surface area contributed by atoms with Crippen molar-refractivity contribution < 1.29 is 38.2 Å². The van der Waals surface area contributed by atoms with Crippen LogP contribution in [-0.2, 0) is 38.2 Å². The Labute approximate surface area is 396 Å². The molecule has 1 fully saturated rings. The molecule has 0 bridgehead atoms. The van der Waals surface area contributed by atoms with Crippen molar-refractivity contribution in [2.24, 2.45) is 0 Å². The van der Waals surface area contributed by atoms with Gasteiger partial charge in [0, 0.05) is 18.1 Å². The number of ketones is 1. The van der Waals surface area contributed by atoms with Gasteiger partial charge < -0.3 is 30.7 Å². The highest BCUT2D eigenvalue weighted by atomic mass is 32.2. The third kappa shape index (κ3) is 11.5. The SMILES string of the molecule is CC(=O)CNC(=O)C1(NC(=O)[C@@H](CSC(c2ccccc2)(c2ccccc2)c2ccccc2)NC(=O)[C@@H](CCC(=O)OC(C)(C)C)NC(=O)OCC2c3ccccc3-c3ccccc32)CCC1. The van der Waals surface area contributed by atoms with E-state index in [9.17, 15) is 28.8 Å². The summed E-state index contributed by atoms with van der Waals surface area (Å²) in [6.45, 7) is 6.36. The quantitative estimate of drug-likeness (QED) is 0.0474. The van der Waals surface area contributed by atoms with Crippen molar-refractivity contribution in [2.75, 3.05) is 18.9 Å². The minimum absolute atomic E-state index is 0.00880. The van der Waals surface area contributed by atoms with Crippen LogP contribution >= 0.6 is 11.8 Å². The van der Waals surface area contributed by atoms with Crippen LogP contribution in [0.4, 0.5) is 4.79 Å². The van der Waals surface area contributed by atoms with E-state index < -0.39 is 57.8 Å². The number of esters is 1. The normalized spacial score (nSPS) is 14.7. The third-order valence-corrected chi connectivity index (χ3v) is 13.8. The minimum atomic E-state index is -1.35. The highest BCUT2D eigenvalue weighted by Crippen LogP contribution is 2.49. The van der Waals surface area contributed by atoms with Gasteiger partial charge in [-0.1, -0.05) is 140 Å². The molecule has 0 radical (unpaired) electrons. The second-order valence-electron chi connectivity index (χ2n) is 18.1. The fourth-order valence-electron chi connectivity index (χ4n) is 8.77. The molecule has 0 heterocycles. The molecular weight excluding hydrogens is 865 g/mol. The van der Waals surface area contributed by atoms with Gasteiger partial charge in [0.15, 0.2) is 0 Å². The predicted octanol–water partition coefficient (Wildman–Crippen LogP) is 7.97. The van der Waals surface area contributed by atoms with E-state index >= 15 is 0 Å². The predicted molar refractivity (Wildman–Crippen MR) is 259 cm³/mol. The molecule has 5 aromatic rings. The van der Waals surface area contributed by atoms with E-state index in [0.29, 0.717) is 19.3 Å². The van der Waals surface area contributed by atoms with Gasteiger partial charge in [-0.15, -0.1) is 11.8 Å². The molecule has 2 aliphatic rings. The first-order valence-corrected chi connectivity index (χ1v) is 23.7. The van der Waals surface area contributed by atoms with Crippen LogP contribution in [0.3, 0.4) is 0 Å². The summed E-state index contributed by atoms with van der Waals surface area (Å²) in [5.74, 6) is -2.94. The van der Waals surface area contributed by atoms with Gasteiger partial charge in [-0.05, 0) is 92.3 Å². The average molecular weight is 923 g/mol. The van der Waals surface area contributed by atoms with E-state index in [0.717, 1.165) is 38.9 Å². The van der Waals surface area contributed by atoms with Crippen molar-refractivity contribution in [1.82, 2.24) is 21.3 Å². The van der Waals surface area contributed by atoms with Crippen LogP contribution < -0.4 is 21.3 Å². The Hall–Kier alpha value is -6.73. The molecule has 0 spiro atoms. The second-order valence-corrected chi connectivity index (χ2v) is 19.3. The maximum absolute atomic E-state index is 14.8. The van der Waals surface area contributed by atoms with Gasteiger partial charge in [-0.3, -0.25) is 24.0 Å². The molecule has 4 N–H and O–H groups in total. The first-order valence-electron chi connectivity index (χ1n) is 22.7. The van der Waals surface area contributed by atoms with Gasteiger partial charge >= 0.3 is 12.1 Å². The van der Waals surface area contributed by atoms with Gasteiger partial charge in [0.05, 0.1) is 11.3 Å². The van der Waals surface area contributed by atoms with Crippen LogP contribution in [0.2, 0.25) is 0 Å². The monoisotopic (exact) mass is 922 g/mol. The van der Waals surface area contributed by atoms with Gasteiger partial charge in [0.25, 0.3) is 0 Å². The minimum Gasteiger partial charge on any atom is -0.460 e. The van der Waals surface area contributed by atoms with Gasteiger partial charge in [0.1, 0.15) is 35.6 Å². The number of nitrogens with one attached hydrogen (secondary N) is 4. The van der Waals surface area contributed by atoms with E-state index in [4.69, 9.17) is 9.47 Å². The Bertz CT molecular complexity index is 2420. The second kappa shape index (κ2) is 21.3. The van der Waals surface area contributed by atoms with Crippen LogP contribution in [0.1, 0.15) is 93.5 Å². The van der Waals surface area contributed by atoms with E-state index in [1.807, 2.05) is 140 Å². The number of rotatable bonds is 19. The van der Waals surface area contributed by atoms with E-state index in [1.54, 1.807) is 20.8 Å². The van der Waals surface area contributed by atoms with Crippen LogP contribution in [0.5, 0.6) is 0 Å². The Balaban J connectivity index is 1.19. The van der Waals surface area contributed by atoms with Crippen molar-refractivity contribution >= 4 is 47.3 Å². The smallest absolute Gasteiger partial charge is 0.407 e. The molecule has 4 amide bonds. The molecule has 2 aliphatic carbocycles. The van der Waals surface area contributed by atoms with Gasteiger partial charge in [-0.25, -0.2) is 4.79 Å².